The Bertz CT molecular complexity index is 307. The predicted molar refractivity (Wildman–Crippen MR) is 50.3 cm³/mol. The lowest BCUT2D eigenvalue weighted by molar-refractivity contribution is 0.0325. The summed E-state index contributed by atoms with van der Waals surface area (Å²) in [5, 5.41) is 19.3. The van der Waals surface area contributed by atoms with E-state index in [1.807, 2.05) is 24.3 Å². The number of benzene rings is 1. The van der Waals surface area contributed by atoms with Crippen molar-refractivity contribution in [2.45, 2.75) is 25.6 Å². The van der Waals surface area contributed by atoms with Crippen LogP contribution in [0, 0.1) is 5.92 Å². The normalized spacial score (nSPS) is 28.5. The lowest BCUT2D eigenvalue weighted by Crippen LogP contribution is -2.20. The Labute approximate surface area is 77.8 Å². The Morgan fingerprint density at radius 1 is 1.38 bits per heavy atom. The van der Waals surface area contributed by atoms with Crippen LogP contribution in [0.2, 0.25) is 0 Å². The van der Waals surface area contributed by atoms with Crippen LogP contribution in [0.1, 0.15) is 24.2 Å². The quantitative estimate of drug-likeness (QED) is 0.680. The van der Waals surface area contributed by atoms with Crippen molar-refractivity contribution in [3.8, 4) is 0 Å². The molecule has 2 rings (SSSR count). The molecule has 0 amide bonds. The molecule has 0 spiro atoms. The maximum Gasteiger partial charge on any atom is 0.0848 e. The van der Waals surface area contributed by atoms with E-state index in [2.05, 4.69) is 0 Å². The number of rotatable bonds is 1. The maximum absolute atomic E-state index is 9.85. The predicted octanol–water partition coefficient (Wildman–Crippen LogP) is 1.27. The smallest absolute Gasteiger partial charge is 0.0848 e. The second kappa shape index (κ2) is 3.13. The van der Waals surface area contributed by atoms with Crippen LogP contribution in [-0.4, -0.2) is 16.3 Å². The summed E-state index contributed by atoms with van der Waals surface area (Å²) in [6, 6.07) is 7.84. The van der Waals surface area contributed by atoms with Crippen molar-refractivity contribution in [3.63, 3.8) is 0 Å². The first-order valence-corrected chi connectivity index (χ1v) is 4.64. The molecule has 0 saturated carbocycles. The molecule has 2 heteroatoms. The first kappa shape index (κ1) is 8.73. The number of aliphatic hydroxyl groups excluding tert-OH is 2. The Kier molecular flexibility index (Phi) is 2.10. The molecule has 1 aliphatic rings. The van der Waals surface area contributed by atoms with Gasteiger partial charge in [0.1, 0.15) is 0 Å². The fraction of sp³-hybridized carbons (Fsp3) is 0.455. The van der Waals surface area contributed by atoms with E-state index in [9.17, 15) is 10.2 Å². The van der Waals surface area contributed by atoms with Gasteiger partial charge in [-0.15, -0.1) is 0 Å². The summed E-state index contributed by atoms with van der Waals surface area (Å²) in [7, 11) is 0. The van der Waals surface area contributed by atoms with E-state index in [1.165, 1.54) is 5.56 Å². The van der Waals surface area contributed by atoms with Crippen LogP contribution in [0.15, 0.2) is 24.3 Å². The molecule has 0 heterocycles. The van der Waals surface area contributed by atoms with Gasteiger partial charge in [0.15, 0.2) is 0 Å². The zero-order chi connectivity index (χ0) is 9.42. The van der Waals surface area contributed by atoms with E-state index in [4.69, 9.17) is 0 Å². The summed E-state index contributed by atoms with van der Waals surface area (Å²) in [5.74, 6) is -0.0302. The molecule has 0 fully saturated rings. The second-order valence-corrected chi connectivity index (χ2v) is 3.75. The number of fused-ring (bicyclic) bond motifs is 1. The van der Waals surface area contributed by atoms with Gasteiger partial charge < -0.3 is 10.2 Å². The van der Waals surface area contributed by atoms with Gasteiger partial charge in [-0.05, 0) is 24.5 Å². The maximum atomic E-state index is 9.85. The molecule has 3 atom stereocenters. The van der Waals surface area contributed by atoms with Crippen molar-refractivity contribution in [2.75, 3.05) is 0 Å². The summed E-state index contributed by atoms with van der Waals surface area (Å²) in [4.78, 5) is 0. The highest BCUT2D eigenvalue weighted by atomic mass is 16.3. The third kappa shape index (κ3) is 1.36. The van der Waals surface area contributed by atoms with E-state index >= 15 is 0 Å². The van der Waals surface area contributed by atoms with E-state index in [0.717, 1.165) is 12.0 Å². The van der Waals surface area contributed by atoms with Crippen molar-refractivity contribution in [1.29, 1.82) is 0 Å². The molecule has 70 valence electrons. The Hall–Kier alpha value is -0.860. The Balaban J connectivity index is 2.32. The molecule has 1 aromatic carbocycles. The average Bonchev–Trinajstić information content (AvgIpc) is 2.45. The molecule has 0 saturated heterocycles. The van der Waals surface area contributed by atoms with Gasteiger partial charge in [-0.2, -0.15) is 0 Å². The molecule has 0 bridgehead atoms. The highest BCUT2D eigenvalue weighted by Gasteiger charge is 2.33. The Morgan fingerprint density at radius 3 is 2.69 bits per heavy atom. The summed E-state index contributed by atoms with van der Waals surface area (Å²) in [6.45, 7) is 1.74. The first-order valence-electron chi connectivity index (χ1n) is 4.64. The van der Waals surface area contributed by atoms with Crippen LogP contribution in [-0.2, 0) is 6.42 Å². The molecule has 0 unspecified atom stereocenters. The van der Waals surface area contributed by atoms with E-state index in [1.54, 1.807) is 6.92 Å². The standard InChI is InChI=1S/C11H14O2/c1-7(12)10-6-8-4-2-3-5-9(8)11(10)13/h2-5,7,10-13H,6H2,1H3/t7-,10+,11+/m1/s1. The monoisotopic (exact) mass is 178 g/mol. The fourth-order valence-electron chi connectivity index (χ4n) is 2.04. The van der Waals surface area contributed by atoms with E-state index in [0.29, 0.717) is 0 Å². The zero-order valence-corrected chi connectivity index (χ0v) is 7.64. The van der Waals surface area contributed by atoms with Gasteiger partial charge in [0.25, 0.3) is 0 Å². The number of aliphatic hydroxyl groups is 2. The highest BCUT2D eigenvalue weighted by Crippen LogP contribution is 2.37. The third-order valence-electron chi connectivity index (χ3n) is 2.85. The molecular formula is C11H14O2. The average molecular weight is 178 g/mol. The van der Waals surface area contributed by atoms with Gasteiger partial charge in [-0.3, -0.25) is 0 Å². The zero-order valence-electron chi connectivity index (χ0n) is 7.64. The van der Waals surface area contributed by atoms with Crippen molar-refractivity contribution >= 4 is 0 Å². The number of hydrogen-bond donors (Lipinski definition) is 2. The van der Waals surface area contributed by atoms with Crippen LogP contribution in [0.5, 0.6) is 0 Å². The van der Waals surface area contributed by atoms with Gasteiger partial charge in [-0.25, -0.2) is 0 Å². The van der Waals surface area contributed by atoms with Crippen molar-refractivity contribution in [1.82, 2.24) is 0 Å². The lowest BCUT2D eigenvalue weighted by atomic mass is 9.98. The lowest BCUT2D eigenvalue weighted by Gasteiger charge is -2.17. The fourth-order valence-corrected chi connectivity index (χ4v) is 2.04. The third-order valence-corrected chi connectivity index (χ3v) is 2.85. The van der Waals surface area contributed by atoms with Gasteiger partial charge in [0.05, 0.1) is 12.2 Å². The molecule has 2 nitrogen and oxygen atoms in total. The van der Waals surface area contributed by atoms with E-state index in [-0.39, 0.29) is 5.92 Å². The summed E-state index contributed by atoms with van der Waals surface area (Å²) in [6.07, 6.45) is -0.145. The van der Waals surface area contributed by atoms with Crippen LogP contribution in [0.4, 0.5) is 0 Å². The summed E-state index contributed by atoms with van der Waals surface area (Å²) < 4.78 is 0. The first-order chi connectivity index (χ1) is 6.20. The van der Waals surface area contributed by atoms with E-state index < -0.39 is 12.2 Å². The van der Waals surface area contributed by atoms with Crippen LogP contribution >= 0.6 is 0 Å². The number of hydrogen-bond acceptors (Lipinski definition) is 2. The van der Waals surface area contributed by atoms with Crippen LogP contribution in [0.3, 0.4) is 0 Å². The minimum atomic E-state index is -0.490. The molecule has 2 N–H and O–H groups in total. The molecule has 13 heavy (non-hydrogen) atoms. The SMILES string of the molecule is C[C@@H](O)[C@@H]1Cc2ccccc2[C@@H]1O. The molecule has 0 aliphatic heterocycles. The Morgan fingerprint density at radius 2 is 2.08 bits per heavy atom. The molecule has 0 radical (unpaired) electrons. The highest BCUT2D eigenvalue weighted by molar-refractivity contribution is 5.34. The minimum Gasteiger partial charge on any atom is -0.393 e. The van der Waals surface area contributed by atoms with Gasteiger partial charge in [-0.1, -0.05) is 24.3 Å². The van der Waals surface area contributed by atoms with Gasteiger partial charge in [0.2, 0.25) is 0 Å². The van der Waals surface area contributed by atoms with Crippen LogP contribution in [0.25, 0.3) is 0 Å². The van der Waals surface area contributed by atoms with Crippen molar-refractivity contribution < 1.29 is 10.2 Å². The van der Waals surface area contributed by atoms with Crippen molar-refractivity contribution in [2.24, 2.45) is 5.92 Å². The minimum absolute atomic E-state index is 0.0302. The molecule has 1 aliphatic carbocycles. The second-order valence-electron chi connectivity index (χ2n) is 3.75. The largest absolute Gasteiger partial charge is 0.393 e. The molecule has 0 aromatic heterocycles. The molecular weight excluding hydrogens is 164 g/mol. The van der Waals surface area contributed by atoms with Gasteiger partial charge in [0, 0.05) is 5.92 Å². The van der Waals surface area contributed by atoms with Gasteiger partial charge >= 0.3 is 0 Å². The molecule has 1 aromatic rings. The summed E-state index contributed by atoms with van der Waals surface area (Å²) in [5.41, 5.74) is 2.15. The topological polar surface area (TPSA) is 40.5 Å². The van der Waals surface area contributed by atoms with Crippen molar-refractivity contribution in [3.05, 3.63) is 35.4 Å². The van der Waals surface area contributed by atoms with Crippen LogP contribution < -0.4 is 0 Å². The summed E-state index contributed by atoms with van der Waals surface area (Å²) >= 11 is 0.